The van der Waals surface area contributed by atoms with E-state index in [1.54, 1.807) is 0 Å². The molecule has 1 saturated heterocycles. The van der Waals surface area contributed by atoms with Crippen molar-refractivity contribution in [2.45, 2.75) is 25.3 Å². The molecular weight excluding hydrogens is 232 g/mol. The highest BCUT2D eigenvalue weighted by Crippen LogP contribution is 2.29. The zero-order valence-corrected chi connectivity index (χ0v) is 10.8. The zero-order valence-electron chi connectivity index (χ0n) is 10.1. The van der Waals surface area contributed by atoms with Gasteiger partial charge in [-0.2, -0.15) is 0 Å². The third kappa shape index (κ3) is 2.35. The maximum absolute atomic E-state index is 6.28. The quantitative estimate of drug-likeness (QED) is 0.868. The van der Waals surface area contributed by atoms with E-state index >= 15 is 0 Å². The number of hydrogen-bond acceptors (Lipinski definition) is 2. The van der Waals surface area contributed by atoms with Gasteiger partial charge in [0.25, 0.3) is 0 Å². The Bertz CT molecular complexity index is 399. The number of nitrogens with zero attached hydrogens (tertiary/aromatic N) is 1. The van der Waals surface area contributed by atoms with E-state index < -0.39 is 0 Å². The van der Waals surface area contributed by atoms with Crippen molar-refractivity contribution in [1.82, 2.24) is 10.2 Å². The summed E-state index contributed by atoms with van der Waals surface area (Å²) >= 11 is 6.28. The number of halogens is 1. The Morgan fingerprint density at radius 3 is 2.94 bits per heavy atom. The number of nitrogens with one attached hydrogen (secondary N) is 1. The molecule has 3 rings (SSSR count). The lowest BCUT2D eigenvalue weighted by atomic mass is 9.94. The van der Waals surface area contributed by atoms with Crippen molar-refractivity contribution in [2.75, 3.05) is 26.2 Å². The van der Waals surface area contributed by atoms with Crippen molar-refractivity contribution in [3.8, 4) is 0 Å². The first-order valence-corrected chi connectivity index (χ1v) is 6.95. The third-order valence-corrected chi connectivity index (χ3v) is 4.29. The fraction of sp³-hybridized carbons (Fsp3) is 0.571. The van der Waals surface area contributed by atoms with E-state index in [1.807, 2.05) is 6.07 Å². The van der Waals surface area contributed by atoms with E-state index in [4.69, 9.17) is 11.6 Å². The normalized spacial score (nSPS) is 24.9. The molecule has 0 aliphatic carbocycles. The second-order valence-corrected chi connectivity index (χ2v) is 5.48. The van der Waals surface area contributed by atoms with Gasteiger partial charge in [-0.15, -0.1) is 0 Å². The van der Waals surface area contributed by atoms with E-state index in [1.165, 1.54) is 37.1 Å². The number of rotatable bonds is 2. The van der Waals surface area contributed by atoms with Crippen LogP contribution in [0.4, 0.5) is 0 Å². The van der Waals surface area contributed by atoms with Crippen LogP contribution < -0.4 is 5.32 Å². The minimum atomic E-state index is 0.468. The molecule has 0 aromatic heterocycles. The molecule has 1 fully saturated rings. The molecule has 0 saturated carbocycles. The van der Waals surface area contributed by atoms with Crippen LogP contribution >= 0.6 is 11.6 Å². The summed E-state index contributed by atoms with van der Waals surface area (Å²) in [4.78, 5) is 2.56. The first kappa shape index (κ1) is 11.5. The van der Waals surface area contributed by atoms with Gasteiger partial charge in [0.15, 0.2) is 0 Å². The van der Waals surface area contributed by atoms with Crippen LogP contribution in [0.2, 0.25) is 5.02 Å². The van der Waals surface area contributed by atoms with E-state index in [-0.39, 0.29) is 0 Å². The monoisotopic (exact) mass is 250 g/mol. The summed E-state index contributed by atoms with van der Waals surface area (Å²) in [6, 6.07) is 6.79. The fourth-order valence-electron chi connectivity index (χ4n) is 3.03. The van der Waals surface area contributed by atoms with Crippen LogP contribution in [0.1, 0.15) is 30.0 Å². The molecule has 3 heteroatoms. The van der Waals surface area contributed by atoms with Gasteiger partial charge >= 0.3 is 0 Å². The molecule has 0 bridgehead atoms. The van der Waals surface area contributed by atoms with Gasteiger partial charge in [-0.05, 0) is 56.1 Å². The minimum absolute atomic E-state index is 0.468. The first-order valence-electron chi connectivity index (χ1n) is 6.57. The third-order valence-electron chi connectivity index (χ3n) is 3.94. The Morgan fingerprint density at radius 2 is 2.12 bits per heavy atom. The molecule has 2 heterocycles. The molecule has 1 aromatic carbocycles. The van der Waals surface area contributed by atoms with Gasteiger partial charge in [-0.3, -0.25) is 0 Å². The SMILES string of the molecule is Clc1cccc2c1CCN[C@@H]2CN1CCCC1. The highest BCUT2D eigenvalue weighted by Gasteiger charge is 2.24. The average molecular weight is 251 g/mol. The largest absolute Gasteiger partial charge is 0.309 e. The van der Waals surface area contributed by atoms with Gasteiger partial charge in [-0.25, -0.2) is 0 Å². The highest BCUT2D eigenvalue weighted by atomic mass is 35.5. The molecule has 0 spiro atoms. The lowest BCUT2D eigenvalue weighted by Crippen LogP contribution is -2.38. The highest BCUT2D eigenvalue weighted by molar-refractivity contribution is 6.31. The molecule has 2 aliphatic rings. The van der Waals surface area contributed by atoms with Crippen molar-refractivity contribution >= 4 is 11.6 Å². The first-order chi connectivity index (χ1) is 8.34. The topological polar surface area (TPSA) is 15.3 Å². The maximum Gasteiger partial charge on any atom is 0.0452 e. The smallest absolute Gasteiger partial charge is 0.0452 e. The summed E-state index contributed by atoms with van der Waals surface area (Å²) in [5.74, 6) is 0. The Balaban J connectivity index is 1.81. The summed E-state index contributed by atoms with van der Waals surface area (Å²) in [5.41, 5.74) is 2.77. The van der Waals surface area contributed by atoms with Gasteiger partial charge in [0.1, 0.15) is 0 Å². The van der Waals surface area contributed by atoms with Crippen LogP contribution in [-0.4, -0.2) is 31.1 Å². The lowest BCUT2D eigenvalue weighted by molar-refractivity contribution is 0.287. The van der Waals surface area contributed by atoms with E-state index in [0.29, 0.717) is 6.04 Å². The molecule has 2 nitrogen and oxygen atoms in total. The predicted octanol–water partition coefficient (Wildman–Crippen LogP) is 2.62. The molecule has 92 valence electrons. The number of likely N-dealkylation sites (tertiary alicyclic amines) is 1. The summed E-state index contributed by atoms with van der Waals surface area (Å²) in [6.45, 7) is 4.70. The summed E-state index contributed by atoms with van der Waals surface area (Å²) in [5, 5.41) is 4.57. The Kier molecular flexibility index (Phi) is 3.37. The molecule has 2 aliphatic heterocycles. The summed E-state index contributed by atoms with van der Waals surface area (Å²) in [7, 11) is 0. The molecule has 1 N–H and O–H groups in total. The van der Waals surface area contributed by atoms with Crippen molar-refractivity contribution < 1.29 is 0 Å². The van der Waals surface area contributed by atoms with Crippen molar-refractivity contribution in [3.63, 3.8) is 0 Å². The lowest BCUT2D eigenvalue weighted by Gasteiger charge is -2.30. The molecule has 17 heavy (non-hydrogen) atoms. The van der Waals surface area contributed by atoms with Crippen LogP contribution in [0, 0.1) is 0 Å². The standard InChI is InChI=1S/C14H19ClN2/c15-13-5-3-4-12-11(13)6-7-16-14(12)10-17-8-1-2-9-17/h3-5,14,16H,1-2,6-10H2/t14-/m1/s1. The van der Waals surface area contributed by atoms with Crippen molar-refractivity contribution in [3.05, 3.63) is 34.3 Å². The maximum atomic E-state index is 6.28. The van der Waals surface area contributed by atoms with Crippen LogP contribution in [0.3, 0.4) is 0 Å². The number of benzene rings is 1. The molecule has 1 aromatic rings. The van der Waals surface area contributed by atoms with Crippen LogP contribution in [-0.2, 0) is 6.42 Å². The van der Waals surface area contributed by atoms with Gasteiger partial charge in [0, 0.05) is 17.6 Å². The Labute approximate surface area is 108 Å². The second kappa shape index (κ2) is 4.97. The number of fused-ring (bicyclic) bond motifs is 1. The minimum Gasteiger partial charge on any atom is -0.309 e. The average Bonchev–Trinajstić information content (AvgIpc) is 2.83. The van der Waals surface area contributed by atoms with Gasteiger partial charge in [0.2, 0.25) is 0 Å². The fourth-order valence-corrected chi connectivity index (χ4v) is 3.31. The van der Waals surface area contributed by atoms with E-state index in [2.05, 4.69) is 22.3 Å². The summed E-state index contributed by atoms with van der Waals surface area (Å²) < 4.78 is 0. The summed E-state index contributed by atoms with van der Waals surface area (Å²) in [6.07, 6.45) is 3.77. The second-order valence-electron chi connectivity index (χ2n) is 5.07. The molecular formula is C14H19ClN2. The Morgan fingerprint density at radius 1 is 1.29 bits per heavy atom. The van der Waals surface area contributed by atoms with Gasteiger partial charge < -0.3 is 10.2 Å². The van der Waals surface area contributed by atoms with Crippen LogP contribution in [0.5, 0.6) is 0 Å². The van der Waals surface area contributed by atoms with E-state index in [0.717, 1.165) is 24.5 Å². The van der Waals surface area contributed by atoms with Gasteiger partial charge in [-0.1, -0.05) is 23.7 Å². The Hall–Kier alpha value is -0.570. The molecule has 0 unspecified atom stereocenters. The predicted molar refractivity (Wildman–Crippen MR) is 71.6 cm³/mol. The molecule has 1 atom stereocenters. The molecule has 0 amide bonds. The zero-order chi connectivity index (χ0) is 11.7. The van der Waals surface area contributed by atoms with Gasteiger partial charge in [0.05, 0.1) is 0 Å². The van der Waals surface area contributed by atoms with E-state index in [9.17, 15) is 0 Å². The van der Waals surface area contributed by atoms with Crippen molar-refractivity contribution in [1.29, 1.82) is 0 Å². The van der Waals surface area contributed by atoms with Crippen molar-refractivity contribution in [2.24, 2.45) is 0 Å². The van der Waals surface area contributed by atoms with Crippen LogP contribution in [0.25, 0.3) is 0 Å². The van der Waals surface area contributed by atoms with Crippen LogP contribution in [0.15, 0.2) is 18.2 Å². The molecule has 0 radical (unpaired) electrons. The number of hydrogen-bond donors (Lipinski definition) is 1.